The van der Waals surface area contributed by atoms with Gasteiger partial charge in [-0.25, -0.2) is 0 Å². The van der Waals surface area contributed by atoms with E-state index in [1.807, 2.05) is 72.8 Å². The number of ether oxygens (including phenoxy) is 1. The molecule has 3 aromatic carbocycles. The molecule has 0 saturated carbocycles. The molecule has 3 rings (SSSR count). The molecule has 0 spiro atoms. The molecule has 0 unspecified atom stereocenters. The van der Waals surface area contributed by atoms with Gasteiger partial charge in [-0.3, -0.25) is 9.59 Å². The predicted octanol–water partition coefficient (Wildman–Crippen LogP) is 3.92. The van der Waals surface area contributed by atoms with Crippen LogP contribution in [0.25, 0.3) is 0 Å². The van der Waals surface area contributed by atoms with Crippen molar-refractivity contribution in [3.63, 3.8) is 0 Å². The minimum atomic E-state index is -0.403. The fourth-order valence-corrected chi connectivity index (χ4v) is 3.16. The Morgan fingerprint density at radius 1 is 0.867 bits per heavy atom. The van der Waals surface area contributed by atoms with Gasteiger partial charge in [-0.15, -0.1) is 0 Å². The van der Waals surface area contributed by atoms with Crippen LogP contribution in [0.3, 0.4) is 0 Å². The van der Waals surface area contributed by atoms with Crippen molar-refractivity contribution in [3.05, 3.63) is 102 Å². The van der Waals surface area contributed by atoms with Gasteiger partial charge in [-0.2, -0.15) is 0 Å². The zero-order chi connectivity index (χ0) is 21.2. The van der Waals surface area contributed by atoms with Gasteiger partial charge in [0.1, 0.15) is 5.75 Å². The minimum absolute atomic E-state index is 0.106. The molecule has 30 heavy (non-hydrogen) atoms. The molecule has 0 saturated heterocycles. The number of rotatable bonds is 9. The second kappa shape index (κ2) is 10.8. The highest BCUT2D eigenvalue weighted by molar-refractivity contribution is 5.94. The van der Waals surface area contributed by atoms with Gasteiger partial charge >= 0.3 is 0 Å². The summed E-state index contributed by atoms with van der Waals surface area (Å²) in [5.41, 5.74) is 2.58. The van der Waals surface area contributed by atoms with Crippen molar-refractivity contribution >= 4 is 11.8 Å². The van der Waals surface area contributed by atoms with Crippen LogP contribution < -0.4 is 15.4 Å². The van der Waals surface area contributed by atoms with Gasteiger partial charge < -0.3 is 15.4 Å². The first-order chi connectivity index (χ1) is 14.7. The lowest BCUT2D eigenvalue weighted by Gasteiger charge is -2.19. The summed E-state index contributed by atoms with van der Waals surface area (Å²) in [5.74, 6) is 0.504. The molecule has 0 aliphatic rings. The molecule has 0 fully saturated rings. The Balaban J connectivity index is 1.58. The fourth-order valence-electron chi connectivity index (χ4n) is 3.16. The summed E-state index contributed by atoms with van der Waals surface area (Å²) in [6, 6.07) is 25.9. The maximum atomic E-state index is 12.6. The average Bonchev–Trinajstić information content (AvgIpc) is 2.80. The SMILES string of the molecule is COc1ccc(CCNC(=O)C[C@H](NC(=O)c2ccccc2)c2ccccc2)cc1. The lowest BCUT2D eigenvalue weighted by Crippen LogP contribution is -2.34. The fraction of sp³-hybridized carbons (Fsp3) is 0.200. The van der Waals surface area contributed by atoms with Crippen molar-refractivity contribution in [1.82, 2.24) is 10.6 Å². The third-order valence-corrected chi connectivity index (χ3v) is 4.83. The van der Waals surface area contributed by atoms with Crippen molar-refractivity contribution in [3.8, 4) is 5.75 Å². The quantitative estimate of drug-likeness (QED) is 0.570. The highest BCUT2D eigenvalue weighted by Crippen LogP contribution is 2.18. The van der Waals surface area contributed by atoms with E-state index in [4.69, 9.17) is 4.74 Å². The third-order valence-electron chi connectivity index (χ3n) is 4.83. The van der Waals surface area contributed by atoms with Crippen molar-refractivity contribution in [1.29, 1.82) is 0 Å². The van der Waals surface area contributed by atoms with Crippen LogP contribution in [0.15, 0.2) is 84.9 Å². The number of benzene rings is 3. The first kappa shape index (κ1) is 21.1. The Morgan fingerprint density at radius 3 is 2.13 bits per heavy atom. The number of hydrogen-bond acceptors (Lipinski definition) is 3. The summed E-state index contributed by atoms with van der Waals surface area (Å²) in [5, 5.41) is 5.94. The molecule has 1 atom stereocenters. The molecule has 2 amide bonds. The second-order valence-corrected chi connectivity index (χ2v) is 6.95. The van der Waals surface area contributed by atoms with Crippen molar-refractivity contribution in [2.45, 2.75) is 18.9 Å². The third kappa shape index (κ3) is 6.21. The van der Waals surface area contributed by atoms with Gasteiger partial charge in [0, 0.05) is 12.1 Å². The van der Waals surface area contributed by atoms with Crippen molar-refractivity contribution < 1.29 is 14.3 Å². The van der Waals surface area contributed by atoms with Crippen LogP contribution in [0.1, 0.15) is 33.9 Å². The molecule has 0 aromatic heterocycles. The minimum Gasteiger partial charge on any atom is -0.497 e. The summed E-state index contributed by atoms with van der Waals surface area (Å²) in [6.07, 6.45) is 0.896. The van der Waals surface area contributed by atoms with Crippen LogP contribution in [0.4, 0.5) is 0 Å². The zero-order valence-corrected chi connectivity index (χ0v) is 17.0. The molecule has 154 valence electrons. The van der Waals surface area contributed by atoms with Crippen molar-refractivity contribution in [2.24, 2.45) is 0 Å². The first-order valence-electron chi connectivity index (χ1n) is 9.96. The Bertz CT molecular complexity index is 941. The van der Waals surface area contributed by atoms with Gasteiger partial charge in [0.15, 0.2) is 0 Å². The van der Waals surface area contributed by atoms with E-state index >= 15 is 0 Å². The van der Waals surface area contributed by atoms with Gasteiger partial charge in [0.2, 0.25) is 5.91 Å². The van der Waals surface area contributed by atoms with Gasteiger partial charge in [-0.05, 0) is 41.8 Å². The number of carbonyl (C=O) groups is 2. The molecule has 0 radical (unpaired) electrons. The van der Waals surface area contributed by atoms with E-state index < -0.39 is 6.04 Å². The molecule has 0 aliphatic carbocycles. The molecule has 5 heteroatoms. The van der Waals surface area contributed by atoms with E-state index in [9.17, 15) is 9.59 Å². The summed E-state index contributed by atoms with van der Waals surface area (Å²) >= 11 is 0. The largest absolute Gasteiger partial charge is 0.497 e. The number of amides is 2. The Kier molecular flexibility index (Phi) is 7.61. The van der Waals surface area contributed by atoms with Crippen LogP contribution in [-0.2, 0) is 11.2 Å². The maximum absolute atomic E-state index is 12.6. The lowest BCUT2D eigenvalue weighted by atomic mass is 10.0. The molecule has 2 N–H and O–H groups in total. The number of hydrogen-bond donors (Lipinski definition) is 2. The van der Waals surface area contributed by atoms with Crippen LogP contribution >= 0.6 is 0 Å². The van der Waals surface area contributed by atoms with Gasteiger partial charge in [-0.1, -0.05) is 60.7 Å². The highest BCUT2D eigenvalue weighted by atomic mass is 16.5. The molecule has 3 aromatic rings. The monoisotopic (exact) mass is 402 g/mol. The lowest BCUT2D eigenvalue weighted by molar-refractivity contribution is -0.121. The summed E-state index contributed by atoms with van der Waals surface area (Å²) < 4.78 is 5.16. The molecular weight excluding hydrogens is 376 g/mol. The average molecular weight is 402 g/mol. The summed E-state index contributed by atoms with van der Waals surface area (Å²) in [7, 11) is 1.63. The molecular formula is C25H26N2O3. The molecule has 5 nitrogen and oxygen atoms in total. The Morgan fingerprint density at radius 2 is 1.50 bits per heavy atom. The Hall–Kier alpha value is -3.60. The number of nitrogens with one attached hydrogen (secondary N) is 2. The van der Waals surface area contributed by atoms with E-state index in [0.717, 1.165) is 23.3 Å². The Labute approximate surface area is 177 Å². The first-order valence-corrected chi connectivity index (χ1v) is 9.96. The smallest absolute Gasteiger partial charge is 0.251 e. The zero-order valence-electron chi connectivity index (χ0n) is 17.0. The van der Waals surface area contributed by atoms with E-state index in [0.29, 0.717) is 12.1 Å². The van der Waals surface area contributed by atoms with Crippen LogP contribution in [0.2, 0.25) is 0 Å². The normalized spacial score (nSPS) is 11.4. The second-order valence-electron chi connectivity index (χ2n) is 6.95. The molecule has 0 heterocycles. The highest BCUT2D eigenvalue weighted by Gasteiger charge is 2.19. The van der Waals surface area contributed by atoms with Crippen LogP contribution in [0.5, 0.6) is 5.75 Å². The van der Waals surface area contributed by atoms with E-state index in [-0.39, 0.29) is 18.2 Å². The number of carbonyl (C=O) groups excluding carboxylic acids is 2. The van der Waals surface area contributed by atoms with Crippen molar-refractivity contribution in [2.75, 3.05) is 13.7 Å². The number of methoxy groups -OCH3 is 1. The van der Waals surface area contributed by atoms with E-state index in [1.165, 1.54) is 0 Å². The summed E-state index contributed by atoms with van der Waals surface area (Å²) in [6.45, 7) is 0.527. The van der Waals surface area contributed by atoms with E-state index in [1.54, 1.807) is 19.2 Å². The van der Waals surface area contributed by atoms with Gasteiger partial charge in [0.25, 0.3) is 5.91 Å². The predicted molar refractivity (Wildman–Crippen MR) is 117 cm³/mol. The van der Waals surface area contributed by atoms with Gasteiger partial charge in [0.05, 0.1) is 19.6 Å². The van der Waals surface area contributed by atoms with Crippen LogP contribution in [-0.4, -0.2) is 25.5 Å². The summed E-state index contributed by atoms with van der Waals surface area (Å²) in [4.78, 5) is 25.2. The molecule has 0 bridgehead atoms. The molecule has 0 aliphatic heterocycles. The van der Waals surface area contributed by atoms with Crippen LogP contribution in [0, 0.1) is 0 Å². The maximum Gasteiger partial charge on any atom is 0.251 e. The topological polar surface area (TPSA) is 67.4 Å². The van der Waals surface area contributed by atoms with E-state index in [2.05, 4.69) is 10.6 Å². The standard InChI is InChI=1S/C25H26N2O3/c1-30-22-14-12-19(13-15-22)16-17-26-24(28)18-23(20-8-4-2-5-9-20)27-25(29)21-10-6-3-7-11-21/h2-15,23H,16-18H2,1H3,(H,26,28)(H,27,29)/t23-/m0/s1.